The van der Waals surface area contributed by atoms with Crippen molar-refractivity contribution in [3.63, 3.8) is 0 Å². The molecule has 0 aromatic carbocycles. The topological polar surface area (TPSA) is 75.7 Å². The molecule has 116 valence electrons. The second kappa shape index (κ2) is 6.41. The van der Waals surface area contributed by atoms with Gasteiger partial charge in [-0.3, -0.25) is 4.79 Å². The normalized spacial score (nSPS) is 32.8. The molecule has 0 bridgehead atoms. The minimum atomic E-state index is -3.43. The van der Waals surface area contributed by atoms with Crippen molar-refractivity contribution in [2.24, 2.45) is 5.92 Å². The number of rotatable bonds is 3. The second-order valence-electron chi connectivity index (χ2n) is 5.71. The number of carbonyl (C=O) groups is 1. The average molecular weight is 304 g/mol. The Labute approximate surface area is 120 Å². The summed E-state index contributed by atoms with van der Waals surface area (Å²) in [6.07, 6.45) is 2.92. The first-order valence-corrected chi connectivity index (χ1v) is 8.77. The molecule has 0 spiro atoms. The van der Waals surface area contributed by atoms with E-state index in [2.05, 4.69) is 5.32 Å². The van der Waals surface area contributed by atoms with Gasteiger partial charge in [0.25, 0.3) is 0 Å². The number of hydrogen-bond acceptors (Lipinski definition) is 5. The third kappa shape index (κ3) is 3.15. The Kier molecular flexibility index (Phi) is 5.04. The zero-order chi connectivity index (χ0) is 14.8. The molecule has 1 aliphatic carbocycles. The predicted octanol–water partition coefficient (Wildman–Crippen LogP) is 0.342. The van der Waals surface area contributed by atoms with Crippen LogP contribution in [-0.2, 0) is 19.6 Å². The van der Waals surface area contributed by atoms with Gasteiger partial charge in [0, 0.05) is 25.7 Å². The number of methoxy groups -OCH3 is 1. The molecule has 0 aromatic rings. The first-order chi connectivity index (χ1) is 9.46. The van der Waals surface area contributed by atoms with E-state index in [0.29, 0.717) is 32.5 Å². The molecule has 1 heterocycles. The molecular formula is C13H24N2O4S. The summed E-state index contributed by atoms with van der Waals surface area (Å²) in [5.41, 5.74) is 0. The van der Waals surface area contributed by atoms with E-state index in [1.165, 1.54) is 7.11 Å². The van der Waals surface area contributed by atoms with Crippen LogP contribution >= 0.6 is 0 Å². The van der Waals surface area contributed by atoms with Gasteiger partial charge in [-0.25, -0.2) is 8.42 Å². The number of nitrogens with one attached hydrogen (secondary N) is 1. The van der Waals surface area contributed by atoms with Crippen LogP contribution < -0.4 is 5.32 Å². The Morgan fingerprint density at radius 1 is 1.30 bits per heavy atom. The molecule has 3 unspecified atom stereocenters. The van der Waals surface area contributed by atoms with Crippen LogP contribution in [0.5, 0.6) is 0 Å². The first-order valence-electron chi connectivity index (χ1n) is 7.27. The number of esters is 1. The Morgan fingerprint density at radius 3 is 2.65 bits per heavy atom. The van der Waals surface area contributed by atoms with Gasteiger partial charge in [-0.15, -0.1) is 0 Å². The van der Waals surface area contributed by atoms with E-state index in [1.54, 1.807) is 4.31 Å². The second-order valence-corrected chi connectivity index (χ2v) is 7.86. The molecular weight excluding hydrogens is 280 g/mol. The van der Waals surface area contributed by atoms with E-state index in [0.717, 1.165) is 12.8 Å². The van der Waals surface area contributed by atoms with Gasteiger partial charge in [-0.05, 0) is 19.8 Å². The molecule has 20 heavy (non-hydrogen) atoms. The Morgan fingerprint density at radius 2 is 2.00 bits per heavy atom. The van der Waals surface area contributed by atoms with Gasteiger partial charge in [-0.1, -0.05) is 12.8 Å². The van der Waals surface area contributed by atoms with Gasteiger partial charge >= 0.3 is 5.97 Å². The number of hydrogen-bond donors (Lipinski definition) is 1. The van der Waals surface area contributed by atoms with Gasteiger partial charge in [-0.2, -0.15) is 4.31 Å². The highest BCUT2D eigenvalue weighted by Crippen LogP contribution is 2.32. The summed E-state index contributed by atoms with van der Waals surface area (Å²) >= 11 is 0. The van der Waals surface area contributed by atoms with Gasteiger partial charge in [0.1, 0.15) is 0 Å². The Bertz CT molecular complexity index is 451. The molecule has 2 rings (SSSR count). The number of piperazine rings is 1. The molecule has 0 amide bonds. The monoisotopic (exact) mass is 304 g/mol. The molecule has 1 N–H and O–H groups in total. The highest BCUT2D eigenvalue weighted by molar-refractivity contribution is 7.89. The van der Waals surface area contributed by atoms with E-state index in [-0.39, 0.29) is 12.0 Å². The molecule has 0 radical (unpaired) electrons. The molecule has 2 fully saturated rings. The number of carbonyl (C=O) groups excluding carboxylic acids is 1. The SMILES string of the molecule is COC(=O)C1CCCCC1S(=O)(=O)N1CCNC(C)C1. The third-order valence-corrected chi connectivity index (χ3v) is 6.66. The molecule has 1 saturated heterocycles. The van der Waals surface area contributed by atoms with Crippen molar-refractivity contribution in [1.29, 1.82) is 0 Å². The van der Waals surface area contributed by atoms with Crippen LogP contribution in [0.25, 0.3) is 0 Å². The zero-order valence-corrected chi connectivity index (χ0v) is 13.0. The summed E-state index contributed by atoms with van der Waals surface area (Å²) < 4.78 is 31.9. The lowest BCUT2D eigenvalue weighted by Crippen LogP contribution is -2.55. The van der Waals surface area contributed by atoms with Crippen molar-refractivity contribution in [1.82, 2.24) is 9.62 Å². The summed E-state index contributed by atoms with van der Waals surface area (Å²) in [4.78, 5) is 11.9. The van der Waals surface area contributed by atoms with Crippen LogP contribution in [-0.4, -0.2) is 56.7 Å². The lowest BCUT2D eigenvalue weighted by Gasteiger charge is -2.37. The number of sulfonamides is 1. The maximum atomic E-state index is 12.8. The quantitative estimate of drug-likeness (QED) is 0.761. The van der Waals surface area contributed by atoms with Crippen molar-refractivity contribution in [2.75, 3.05) is 26.7 Å². The molecule has 1 saturated carbocycles. The van der Waals surface area contributed by atoms with Crippen LogP contribution in [0.2, 0.25) is 0 Å². The molecule has 1 aliphatic heterocycles. The van der Waals surface area contributed by atoms with E-state index in [9.17, 15) is 13.2 Å². The fourth-order valence-corrected chi connectivity index (χ4v) is 5.48. The molecule has 7 heteroatoms. The van der Waals surface area contributed by atoms with Crippen molar-refractivity contribution in [3.8, 4) is 0 Å². The maximum Gasteiger partial charge on any atom is 0.310 e. The van der Waals surface area contributed by atoms with E-state index in [4.69, 9.17) is 4.74 Å². The van der Waals surface area contributed by atoms with E-state index < -0.39 is 21.2 Å². The standard InChI is InChI=1S/C13H24N2O4S/c1-10-9-15(8-7-14-10)20(17,18)12-6-4-3-5-11(12)13(16)19-2/h10-12,14H,3-9H2,1-2H3. The van der Waals surface area contributed by atoms with Crippen molar-refractivity contribution >= 4 is 16.0 Å². The van der Waals surface area contributed by atoms with Crippen LogP contribution in [0.3, 0.4) is 0 Å². The van der Waals surface area contributed by atoms with Crippen molar-refractivity contribution < 1.29 is 17.9 Å². The first kappa shape index (κ1) is 15.7. The van der Waals surface area contributed by atoms with Crippen LogP contribution in [0, 0.1) is 5.92 Å². The van der Waals surface area contributed by atoms with E-state index in [1.807, 2.05) is 6.92 Å². The van der Waals surface area contributed by atoms with Crippen LogP contribution in [0.4, 0.5) is 0 Å². The minimum Gasteiger partial charge on any atom is -0.469 e. The fraction of sp³-hybridized carbons (Fsp3) is 0.923. The van der Waals surface area contributed by atoms with Crippen molar-refractivity contribution in [2.45, 2.75) is 43.9 Å². The zero-order valence-electron chi connectivity index (χ0n) is 12.2. The van der Waals surface area contributed by atoms with Gasteiger partial charge in [0.2, 0.25) is 10.0 Å². The average Bonchev–Trinajstić information content (AvgIpc) is 2.46. The lowest BCUT2D eigenvalue weighted by molar-refractivity contribution is -0.146. The smallest absolute Gasteiger partial charge is 0.310 e. The largest absolute Gasteiger partial charge is 0.469 e. The number of nitrogens with zero attached hydrogens (tertiary/aromatic N) is 1. The third-order valence-electron chi connectivity index (χ3n) is 4.28. The number of ether oxygens (including phenoxy) is 1. The fourth-order valence-electron chi connectivity index (χ4n) is 3.19. The Hall–Kier alpha value is -0.660. The van der Waals surface area contributed by atoms with Gasteiger partial charge < -0.3 is 10.1 Å². The molecule has 2 aliphatic rings. The minimum absolute atomic E-state index is 0.152. The highest BCUT2D eigenvalue weighted by Gasteiger charge is 2.43. The van der Waals surface area contributed by atoms with Crippen LogP contribution in [0.1, 0.15) is 32.6 Å². The summed E-state index contributed by atoms with van der Waals surface area (Å²) in [5.74, 6) is -0.898. The summed E-state index contributed by atoms with van der Waals surface area (Å²) in [6, 6.07) is 0.152. The van der Waals surface area contributed by atoms with Crippen molar-refractivity contribution in [3.05, 3.63) is 0 Å². The molecule has 0 aromatic heterocycles. The molecule has 3 atom stereocenters. The summed E-state index contributed by atoms with van der Waals surface area (Å²) in [6.45, 7) is 3.60. The predicted molar refractivity (Wildman–Crippen MR) is 75.7 cm³/mol. The van der Waals surface area contributed by atoms with E-state index >= 15 is 0 Å². The maximum absolute atomic E-state index is 12.8. The highest BCUT2D eigenvalue weighted by atomic mass is 32.2. The summed E-state index contributed by atoms with van der Waals surface area (Å²) in [7, 11) is -2.10. The lowest BCUT2D eigenvalue weighted by atomic mass is 9.89. The Balaban J connectivity index is 2.19. The van der Waals surface area contributed by atoms with Gasteiger partial charge in [0.05, 0.1) is 18.3 Å². The van der Waals surface area contributed by atoms with Gasteiger partial charge in [0.15, 0.2) is 0 Å². The van der Waals surface area contributed by atoms with Crippen LogP contribution in [0.15, 0.2) is 0 Å². The summed E-state index contributed by atoms with van der Waals surface area (Å²) in [5, 5.41) is 2.62. The molecule has 6 nitrogen and oxygen atoms in total.